The summed E-state index contributed by atoms with van der Waals surface area (Å²) in [5, 5.41) is 26.9. The van der Waals surface area contributed by atoms with E-state index in [9.17, 15) is 10.5 Å². The molecular weight excluding hydrogens is 1330 g/mol. The number of anilines is 12. The SMILES string of the molecule is N#Cc1c(N(c2ccc(-c3ccccc3)cc2)c2ccc(-c3ccccc3)cc2)c(C#N)c(N(c2ccc(-c3ccccc3)cc2)c2ccc(-c3ccccc3)cc2)c(N(c2ccc(-c3ccccc3)cc2)c2ccc(-c3ccccc3)cc2)c1N(c1ccc(-c2ccccc2)cc1)c1ccc(-c2ccccc2)cc1. The Balaban J connectivity index is 1.06. The Bertz CT molecular complexity index is 5500. The van der Waals surface area contributed by atoms with Crippen LogP contribution in [0.4, 0.5) is 68.2 Å². The van der Waals surface area contributed by atoms with E-state index >= 15 is 0 Å². The number of hydrogen-bond donors (Lipinski definition) is 0. The van der Waals surface area contributed by atoms with Crippen LogP contribution in [0.5, 0.6) is 0 Å². The smallest absolute Gasteiger partial charge is 0.104 e. The summed E-state index contributed by atoms with van der Waals surface area (Å²) in [6.07, 6.45) is 0. The van der Waals surface area contributed by atoms with Gasteiger partial charge in [0.1, 0.15) is 23.3 Å². The Kier molecular flexibility index (Phi) is 19.4. The molecule has 0 radical (unpaired) electrons. The highest BCUT2D eigenvalue weighted by Gasteiger charge is 2.39. The molecule has 0 bridgehead atoms. The van der Waals surface area contributed by atoms with Crippen molar-refractivity contribution in [3.63, 3.8) is 0 Å². The summed E-state index contributed by atoms with van der Waals surface area (Å²) < 4.78 is 0. The van der Waals surface area contributed by atoms with Crippen LogP contribution in [-0.4, -0.2) is 0 Å². The highest BCUT2D eigenvalue weighted by Crippen LogP contribution is 2.60. The van der Waals surface area contributed by atoms with Gasteiger partial charge < -0.3 is 19.6 Å². The summed E-state index contributed by atoms with van der Waals surface area (Å²) in [7, 11) is 0. The van der Waals surface area contributed by atoms with Gasteiger partial charge in [0, 0.05) is 45.5 Å². The third-order valence-electron chi connectivity index (χ3n) is 20.4. The number of nitriles is 2. The molecule has 0 saturated carbocycles. The van der Waals surface area contributed by atoms with Crippen molar-refractivity contribution in [3.05, 3.63) is 448 Å². The molecule has 0 saturated heterocycles. The Labute approximate surface area is 643 Å². The molecule has 17 aromatic rings. The van der Waals surface area contributed by atoms with Crippen LogP contribution in [0.15, 0.2) is 437 Å². The first-order chi connectivity index (χ1) is 54.5. The number of rotatable bonds is 20. The molecule has 0 amide bonds. The first-order valence-electron chi connectivity index (χ1n) is 37.0. The van der Waals surface area contributed by atoms with E-state index in [0.717, 1.165) is 135 Å². The Morgan fingerprint density at radius 1 is 0.127 bits per heavy atom. The van der Waals surface area contributed by atoms with Gasteiger partial charge in [-0.3, -0.25) is 0 Å². The highest BCUT2D eigenvalue weighted by molar-refractivity contribution is 6.10. The number of benzene rings is 17. The van der Waals surface area contributed by atoms with Crippen LogP contribution >= 0.6 is 0 Å². The van der Waals surface area contributed by atoms with Gasteiger partial charge in [-0.15, -0.1) is 0 Å². The second kappa shape index (κ2) is 31.3. The second-order valence-corrected chi connectivity index (χ2v) is 27.0. The summed E-state index contributed by atoms with van der Waals surface area (Å²) in [6.45, 7) is 0. The third kappa shape index (κ3) is 14.0. The van der Waals surface area contributed by atoms with Crippen molar-refractivity contribution >= 4 is 68.2 Å². The largest absolute Gasteiger partial charge is 0.308 e. The lowest BCUT2D eigenvalue weighted by atomic mass is 9.93. The highest BCUT2D eigenvalue weighted by atomic mass is 15.3. The molecule has 0 spiro atoms. The van der Waals surface area contributed by atoms with E-state index in [4.69, 9.17) is 0 Å². The number of nitrogens with zero attached hydrogens (tertiary/aromatic N) is 6. The molecule has 0 aromatic heterocycles. The molecule has 0 aliphatic heterocycles. The molecule has 6 heteroatoms. The van der Waals surface area contributed by atoms with E-state index in [-0.39, 0.29) is 11.1 Å². The molecule has 0 fully saturated rings. The molecule has 0 unspecified atom stereocenters. The zero-order valence-corrected chi connectivity index (χ0v) is 60.3. The summed E-state index contributed by atoms with van der Waals surface area (Å²) in [4.78, 5) is 8.91. The van der Waals surface area contributed by atoms with E-state index in [1.54, 1.807) is 0 Å². The van der Waals surface area contributed by atoms with Gasteiger partial charge in [0.2, 0.25) is 0 Å². The Morgan fingerprint density at radius 3 is 0.382 bits per heavy atom. The van der Waals surface area contributed by atoms with Crippen LogP contribution in [0.3, 0.4) is 0 Å². The van der Waals surface area contributed by atoms with Crippen molar-refractivity contribution in [1.29, 1.82) is 10.5 Å². The molecule has 0 aliphatic carbocycles. The molecule has 518 valence electrons. The van der Waals surface area contributed by atoms with Crippen molar-refractivity contribution in [2.24, 2.45) is 0 Å². The maximum atomic E-state index is 13.4. The lowest BCUT2D eigenvalue weighted by Crippen LogP contribution is -2.25. The van der Waals surface area contributed by atoms with Gasteiger partial charge in [-0.1, -0.05) is 340 Å². The van der Waals surface area contributed by atoms with Gasteiger partial charge in [0.05, 0.1) is 22.7 Å². The molecule has 0 heterocycles. The molecule has 0 N–H and O–H groups in total. The topological polar surface area (TPSA) is 60.5 Å². The quantitative estimate of drug-likeness (QED) is 0.0758. The van der Waals surface area contributed by atoms with Crippen LogP contribution in [0.25, 0.3) is 89.0 Å². The van der Waals surface area contributed by atoms with Crippen LogP contribution in [-0.2, 0) is 0 Å². The van der Waals surface area contributed by atoms with Gasteiger partial charge in [-0.2, -0.15) is 10.5 Å². The van der Waals surface area contributed by atoms with E-state index in [1.165, 1.54) is 0 Å². The fourth-order valence-corrected chi connectivity index (χ4v) is 14.9. The Morgan fingerprint density at radius 2 is 0.245 bits per heavy atom. The molecule has 6 nitrogen and oxygen atoms in total. The lowest BCUT2D eigenvalue weighted by Gasteiger charge is -2.41. The second-order valence-electron chi connectivity index (χ2n) is 27.0. The maximum absolute atomic E-state index is 13.4. The van der Waals surface area contributed by atoms with Gasteiger partial charge in [0.15, 0.2) is 0 Å². The predicted octanol–water partition coefficient (Wildman–Crippen LogP) is 28.6. The summed E-state index contributed by atoms with van der Waals surface area (Å²) >= 11 is 0. The molecule has 0 atom stereocenters. The third-order valence-corrected chi connectivity index (χ3v) is 20.4. The van der Waals surface area contributed by atoms with Crippen molar-refractivity contribution in [3.8, 4) is 101 Å². The summed E-state index contributed by atoms with van der Waals surface area (Å²) in [6, 6.07) is 158. The predicted molar refractivity (Wildman–Crippen MR) is 458 cm³/mol. The van der Waals surface area contributed by atoms with Crippen LogP contribution in [0.2, 0.25) is 0 Å². The van der Waals surface area contributed by atoms with E-state index < -0.39 is 0 Å². The molecule has 17 aromatic carbocycles. The average Bonchev–Trinajstić information content (AvgIpc) is 0.708. The van der Waals surface area contributed by atoms with E-state index in [1.807, 2.05) is 48.5 Å². The normalized spacial score (nSPS) is 10.9. The molecule has 110 heavy (non-hydrogen) atoms. The average molecular weight is 1410 g/mol. The van der Waals surface area contributed by atoms with E-state index in [0.29, 0.717) is 22.7 Å². The standard InChI is InChI=1S/C104H72N6/c105-73-99-101(107(91-57-41-83(42-58-91)75-25-9-1-10-26-75)92-59-43-84(44-60-92)76-27-11-2-12-28-76)100(74-106)103(109(95-65-49-87(50-66-95)79-33-17-5-18-34-79)96-67-51-88(52-68-96)80-35-19-6-20-36-80)104(110(97-69-53-89(54-70-97)81-37-21-7-22-38-81)98-71-55-90(56-72-98)82-39-23-8-24-40-82)102(99)108(93-61-45-85(46-62-93)77-29-13-3-14-30-77)94-63-47-86(48-64-94)78-31-15-4-16-32-78/h1-72H. The summed E-state index contributed by atoms with van der Waals surface area (Å²) in [5.41, 5.74) is 24.9. The van der Waals surface area contributed by atoms with Gasteiger partial charge in [-0.25, -0.2) is 0 Å². The number of hydrogen-bond acceptors (Lipinski definition) is 6. The Hall–Kier alpha value is -15.1. The fourth-order valence-electron chi connectivity index (χ4n) is 14.9. The minimum Gasteiger partial charge on any atom is -0.308 e. The van der Waals surface area contributed by atoms with Crippen molar-refractivity contribution < 1.29 is 0 Å². The van der Waals surface area contributed by atoms with Gasteiger partial charge in [-0.05, 0) is 186 Å². The lowest BCUT2D eigenvalue weighted by molar-refractivity contribution is 1.16. The van der Waals surface area contributed by atoms with Crippen LogP contribution < -0.4 is 19.6 Å². The molecular formula is C104H72N6. The molecule has 17 rings (SSSR count). The molecule has 0 aliphatic rings. The first kappa shape index (κ1) is 68.1. The monoisotopic (exact) mass is 1400 g/mol. The first-order valence-corrected chi connectivity index (χ1v) is 37.0. The van der Waals surface area contributed by atoms with Gasteiger partial charge >= 0.3 is 0 Å². The minimum absolute atomic E-state index is 0.226. The van der Waals surface area contributed by atoms with Crippen molar-refractivity contribution in [2.75, 3.05) is 19.6 Å². The van der Waals surface area contributed by atoms with Crippen molar-refractivity contribution in [2.45, 2.75) is 0 Å². The zero-order valence-electron chi connectivity index (χ0n) is 60.3. The maximum Gasteiger partial charge on any atom is 0.104 e. The van der Waals surface area contributed by atoms with E-state index in [2.05, 4.69) is 420 Å². The zero-order chi connectivity index (χ0) is 74.0. The minimum atomic E-state index is 0.226. The van der Waals surface area contributed by atoms with Crippen molar-refractivity contribution in [1.82, 2.24) is 0 Å². The van der Waals surface area contributed by atoms with Crippen LogP contribution in [0, 0.1) is 22.7 Å². The van der Waals surface area contributed by atoms with Gasteiger partial charge in [0.25, 0.3) is 0 Å². The fraction of sp³-hybridized carbons (Fsp3) is 0. The van der Waals surface area contributed by atoms with Crippen LogP contribution in [0.1, 0.15) is 11.1 Å². The summed E-state index contributed by atoms with van der Waals surface area (Å²) in [5.74, 6) is 0.